The van der Waals surface area contributed by atoms with Crippen molar-refractivity contribution in [1.29, 1.82) is 0 Å². The molecule has 1 nitrogen and oxygen atoms in total. The maximum absolute atomic E-state index is 2.64. The molecule has 9 aromatic carbocycles. The first-order valence-electron chi connectivity index (χ1n) is 26.4. The van der Waals surface area contributed by atoms with Gasteiger partial charge in [-0.05, 0) is 166 Å². The SMILES string of the molecule is c1ccc(N(c2ccc(-c3ccc4c(c3)C3(c5ccccc5-4)C4CC5CC(C4)CC3C5)cc2)c2ccccc2-c2cccc3cccc(C4CCCCC4)c23)c(-c2cccc3c2sc2ccccc23)c1. The summed E-state index contributed by atoms with van der Waals surface area (Å²) >= 11 is 1.91. The smallest absolute Gasteiger partial charge is 0.0540 e. The van der Waals surface area contributed by atoms with E-state index in [1.807, 2.05) is 11.3 Å². The Labute approximate surface area is 416 Å². The molecule has 4 bridgehead atoms. The topological polar surface area (TPSA) is 3.24 Å². The molecule has 0 radical (unpaired) electrons. The van der Waals surface area contributed by atoms with Crippen LogP contribution in [0.5, 0.6) is 0 Å². The van der Waals surface area contributed by atoms with Crippen LogP contribution in [-0.4, -0.2) is 0 Å². The second-order valence-electron chi connectivity index (χ2n) is 21.8. The third-order valence-electron chi connectivity index (χ3n) is 18.3. The minimum atomic E-state index is 0.148. The van der Waals surface area contributed by atoms with E-state index in [1.54, 1.807) is 11.1 Å². The van der Waals surface area contributed by atoms with Crippen molar-refractivity contribution >= 4 is 59.3 Å². The molecule has 1 aromatic heterocycles. The molecule has 0 atom stereocenters. The van der Waals surface area contributed by atoms with Crippen LogP contribution in [0.1, 0.15) is 86.8 Å². The molecule has 2 heteroatoms. The first kappa shape index (κ1) is 41.1. The third kappa shape index (κ3) is 6.15. The number of nitrogens with zero attached hydrogens (tertiary/aromatic N) is 1. The molecule has 10 aromatic rings. The molecule has 0 unspecified atom stereocenters. The van der Waals surface area contributed by atoms with Gasteiger partial charge in [0.05, 0.1) is 11.4 Å². The lowest BCUT2D eigenvalue weighted by Gasteiger charge is -2.61. The summed E-state index contributed by atoms with van der Waals surface area (Å²) in [5.74, 6) is 3.93. The van der Waals surface area contributed by atoms with Gasteiger partial charge in [-0.2, -0.15) is 0 Å². The molecule has 5 fully saturated rings. The predicted molar refractivity (Wildman–Crippen MR) is 297 cm³/mol. The summed E-state index contributed by atoms with van der Waals surface area (Å²) in [6.45, 7) is 0. The van der Waals surface area contributed by atoms with Crippen molar-refractivity contribution in [1.82, 2.24) is 0 Å². The Bertz CT molecular complexity index is 3640. The summed E-state index contributed by atoms with van der Waals surface area (Å²) in [5, 5.41) is 5.40. The summed E-state index contributed by atoms with van der Waals surface area (Å²) in [5.41, 5.74) is 19.1. The average Bonchev–Trinajstić information content (AvgIpc) is 3.94. The highest BCUT2D eigenvalue weighted by Crippen LogP contribution is 2.69. The van der Waals surface area contributed by atoms with Crippen LogP contribution >= 0.6 is 11.3 Å². The van der Waals surface area contributed by atoms with E-state index in [0.717, 1.165) is 29.4 Å². The van der Waals surface area contributed by atoms with Crippen molar-refractivity contribution in [3.05, 3.63) is 211 Å². The highest BCUT2D eigenvalue weighted by Gasteiger charge is 2.61. The fourth-order valence-electron chi connectivity index (χ4n) is 15.6. The number of thiophene rings is 1. The molecular weight excluding hydrogens is 863 g/mol. The monoisotopic (exact) mass is 919 g/mol. The molecule has 5 saturated carbocycles. The lowest BCUT2D eigenvalue weighted by Crippen LogP contribution is -2.55. The Hall–Kier alpha value is -6.74. The third-order valence-corrected chi connectivity index (χ3v) is 19.5. The quantitative estimate of drug-likeness (QED) is 0.154. The molecule has 16 rings (SSSR count). The van der Waals surface area contributed by atoms with Crippen molar-refractivity contribution < 1.29 is 0 Å². The molecular formula is C68H57NS. The van der Waals surface area contributed by atoms with Crippen LogP contribution in [0.25, 0.3) is 75.5 Å². The summed E-state index contributed by atoms with van der Waals surface area (Å²) in [6.07, 6.45) is 13.6. The van der Waals surface area contributed by atoms with Gasteiger partial charge in [-0.3, -0.25) is 0 Å². The first-order valence-corrected chi connectivity index (χ1v) is 27.3. The first-order chi connectivity index (χ1) is 34.7. The fraction of sp³-hybridized carbons (Fsp3) is 0.235. The van der Waals surface area contributed by atoms with Crippen LogP contribution in [-0.2, 0) is 5.41 Å². The summed E-state index contributed by atoms with van der Waals surface area (Å²) < 4.78 is 2.66. The molecule has 1 heterocycles. The van der Waals surface area contributed by atoms with Gasteiger partial charge in [0.1, 0.15) is 0 Å². The number of rotatable bonds is 7. The van der Waals surface area contributed by atoms with Gasteiger partial charge in [0.25, 0.3) is 0 Å². The van der Waals surface area contributed by atoms with E-state index in [0.29, 0.717) is 5.92 Å². The van der Waals surface area contributed by atoms with Gasteiger partial charge in [0, 0.05) is 48.0 Å². The van der Waals surface area contributed by atoms with Crippen LogP contribution in [0.4, 0.5) is 17.1 Å². The number of hydrogen-bond donors (Lipinski definition) is 0. The van der Waals surface area contributed by atoms with Crippen molar-refractivity contribution in [3.63, 3.8) is 0 Å². The van der Waals surface area contributed by atoms with Gasteiger partial charge in [0.2, 0.25) is 0 Å². The highest BCUT2D eigenvalue weighted by molar-refractivity contribution is 7.26. The zero-order valence-corrected chi connectivity index (χ0v) is 40.6. The highest BCUT2D eigenvalue weighted by atomic mass is 32.1. The van der Waals surface area contributed by atoms with Gasteiger partial charge >= 0.3 is 0 Å². The summed E-state index contributed by atoms with van der Waals surface area (Å²) in [7, 11) is 0. The van der Waals surface area contributed by atoms with Gasteiger partial charge < -0.3 is 4.90 Å². The van der Waals surface area contributed by atoms with Gasteiger partial charge in [-0.25, -0.2) is 0 Å². The summed E-state index contributed by atoms with van der Waals surface area (Å²) in [6, 6.07) is 74.9. The lowest BCUT2D eigenvalue weighted by molar-refractivity contribution is -0.0399. The van der Waals surface area contributed by atoms with Gasteiger partial charge in [-0.1, -0.05) is 177 Å². The van der Waals surface area contributed by atoms with E-state index in [-0.39, 0.29) is 5.41 Å². The van der Waals surface area contributed by atoms with E-state index < -0.39 is 0 Å². The van der Waals surface area contributed by atoms with Crippen molar-refractivity contribution in [2.75, 3.05) is 4.90 Å². The minimum Gasteiger partial charge on any atom is -0.309 e. The Morgan fingerprint density at radius 2 is 1.01 bits per heavy atom. The largest absolute Gasteiger partial charge is 0.309 e. The number of anilines is 3. The second kappa shape index (κ2) is 16.2. The molecule has 0 amide bonds. The molecule has 70 heavy (non-hydrogen) atoms. The molecule has 1 spiro atoms. The van der Waals surface area contributed by atoms with E-state index in [4.69, 9.17) is 0 Å². The minimum absolute atomic E-state index is 0.148. The Kier molecular flexibility index (Phi) is 9.48. The van der Waals surface area contributed by atoms with Gasteiger partial charge in [0.15, 0.2) is 0 Å². The van der Waals surface area contributed by atoms with E-state index >= 15 is 0 Å². The number of benzene rings is 9. The molecule has 6 aliphatic carbocycles. The number of fused-ring (bicyclic) bond motifs is 7. The van der Waals surface area contributed by atoms with Crippen LogP contribution in [0, 0.1) is 23.7 Å². The van der Waals surface area contributed by atoms with Crippen LogP contribution in [0.15, 0.2) is 194 Å². The summed E-state index contributed by atoms with van der Waals surface area (Å²) in [4.78, 5) is 2.57. The molecule has 0 aliphatic heterocycles. The second-order valence-corrected chi connectivity index (χ2v) is 22.8. The standard InChI is InChI=1S/C68H57NS/c1-2-15-46(16-3-1)52-23-12-17-47-18-13-24-58(66(47)52)55-20-5-9-28-63(55)69(64-29-10-6-21-56(64)59-25-14-26-60-57-22-7-11-30-65(57)70-67(59)60)51-34-31-45(32-35-51)48-33-36-54-53-19-4-8-27-61(53)68(62(54)42-48)49-38-43-37-44(40-49)41-50(68)39-43/h4-14,17-36,42-44,46,49-50H,1-3,15-16,37-41H2. The van der Waals surface area contributed by atoms with E-state index in [9.17, 15) is 0 Å². The average molecular weight is 920 g/mol. The van der Waals surface area contributed by atoms with E-state index in [1.165, 1.54) is 157 Å². The molecule has 0 N–H and O–H groups in total. The van der Waals surface area contributed by atoms with Crippen molar-refractivity contribution in [2.24, 2.45) is 23.7 Å². The normalized spacial score (nSPS) is 22.3. The lowest BCUT2D eigenvalue weighted by atomic mass is 9.43. The molecule has 0 saturated heterocycles. The molecule has 6 aliphatic rings. The predicted octanol–water partition coefficient (Wildman–Crippen LogP) is 19.4. The Morgan fingerprint density at radius 3 is 1.79 bits per heavy atom. The van der Waals surface area contributed by atoms with Crippen LogP contribution in [0.2, 0.25) is 0 Å². The van der Waals surface area contributed by atoms with Crippen molar-refractivity contribution in [3.8, 4) is 44.5 Å². The maximum atomic E-state index is 2.64. The fourth-order valence-corrected chi connectivity index (χ4v) is 16.9. The Morgan fingerprint density at radius 1 is 0.429 bits per heavy atom. The zero-order chi connectivity index (χ0) is 45.9. The molecule has 340 valence electrons. The van der Waals surface area contributed by atoms with E-state index in [2.05, 4.69) is 199 Å². The zero-order valence-electron chi connectivity index (χ0n) is 39.8. The van der Waals surface area contributed by atoms with Crippen LogP contribution < -0.4 is 4.90 Å². The van der Waals surface area contributed by atoms with Gasteiger partial charge in [-0.15, -0.1) is 11.3 Å². The van der Waals surface area contributed by atoms with Crippen molar-refractivity contribution in [2.45, 2.75) is 75.5 Å². The van der Waals surface area contributed by atoms with Crippen LogP contribution in [0.3, 0.4) is 0 Å². The Balaban J connectivity index is 0.907. The maximum Gasteiger partial charge on any atom is 0.0540 e. The number of hydrogen-bond acceptors (Lipinski definition) is 2. The number of para-hydroxylation sites is 2.